The number of benzene rings is 2. The number of aromatic nitrogens is 7. The Morgan fingerprint density at radius 3 is 1.39 bits per heavy atom. The van der Waals surface area contributed by atoms with Gasteiger partial charge in [0.25, 0.3) is 0 Å². The minimum atomic E-state index is 0. The molecule has 0 atom stereocenters. The first-order valence-corrected chi connectivity index (χ1v) is 28.6. The standard InChI is InChI=1S/C11H12O.C10H11NS.3C9H10N2S.5C2H6.CH4/c1-8(2)11-7-9-5-3-4-6-10(9)12-11;1-7(2)10-11-8-5-3-4-6-9(8)12-10;1-6(2)9-11-7-5-10-4-3-8(7)12-9;1-6(2)9-11-8-7(12-9)4-3-5-10-8;1-6(2)8-11-7-4-3-5-10-9(7)12-8;5*1-2;/h3-8H,1-2H3;3-7H,1-2H3;3*3-6H,1-2H3;5*1-2H3;1H4. The molecule has 8 nitrogen and oxygen atoms in total. The monoisotopic (exact) mass is 1040 g/mol. The van der Waals surface area contributed by atoms with Crippen LogP contribution in [-0.4, -0.2) is 34.9 Å². The number of furan rings is 1. The van der Waals surface area contributed by atoms with Crippen molar-refractivity contribution in [1.29, 1.82) is 0 Å². The van der Waals surface area contributed by atoms with Crippen LogP contribution in [0.1, 0.15) is 201 Å². The van der Waals surface area contributed by atoms with Gasteiger partial charge >= 0.3 is 0 Å². The van der Waals surface area contributed by atoms with Crippen molar-refractivity contribution < 1.29 is 4.42 Å². The predicted molar refractivity (Wildman–Crippen MR) is 322 cm³/mol. The van der Waals surface area contributed by atoms with E-state index in [0.717, 1.165) is 38.4 Å². The average molecular weight is 1040 g/mol. The molecule has 0 N–H and O–H groups in total. The molecule has 2 aromatic carbocycles. The number of thiazole rings is 4. The number of hydrogen-bond acceptors (Lipinski definition) is 12. The lowest BCUT2D eigenvalue weighted by Gasteiger charge is -1.95. The van der Waals surface area contributed by atoms with Crippen LogP contribution in [0.15, 0.2) is 114 Å². The second kappa shape index (κ2) is 36.8. The predicted octanol–water partition coefficient (Wildman–Crippen LogP) is 21.2. The van der Waals surface area contributed by atoms with E-state index in [9.17, 15) is 0 Å². The Morgan fingerprint density at radius 1 is 0.408 bits per heavy atom. The Hall–Kier alpha value is -5.01. The largest absolute Gasteiger partial charge is 0.461 e. The lowest BCUT2D eigenvalue weighted by Crippen LogP contribution is -1.83. The zero-order valence-electron chi connectivity index (χ0n) is 46.0. The number of rotatable bonds is 5. The van der Waals surface area contributed by atoms with Gasteiger partial charge in [-0.3, -0.25) is 4.98 Å². The highest BCUT2D eigenvalue weighted by molar-refractivity contribution is 7.19. The van der Waals surface area contributed by atoms with Crippen molar-refractivity contribution in [2.24, 2.45) is 0 Å². The Bertz CT molecular complexity index is 2250. The molecule has 10 aromatic rings. The van der Waals surface area contributed by atoms with Crippen LogP contribution in [0.5, 0.6) is 0 Å². The Kier molecular flexibility index (Phi) is 34.2. The maximum absolute atomic E-state index is 5.63. The summed E-state index contributed by atoms with van der Waals surface area (Å²) in [5.74, 6) is 3.60. The van der Waals surface area contributed by atoms with Crippen LogP contribution in [0, 0.1) is 0 Å². The second-order valence-corrected chi connectivity index (χ2v) is 19.8. The van der Waals surface area contributed by atoms with Gasteiger partial charge in [-0.25, -0.2) is 29.9 Å². The van der Waals surface area contributed by atoms with Gasteiger partial charge in [0.15, 0.2) is 5.65 Å². The summed E-state index contributed by atoms with van der Waals surface area (Å²) in [6.07, 6.45) is 7.22. The van der Waals surface area contributed by atoms with E-state index in [1.165, 1.54) is 39.5 Å². The maximum atomic E-state index is 5.63. The van der Waals surface area contributed by atoms with E-state index in [4.69, 9.17) is 4.42 Å². The number of para-hydroxylation sites is 2. The lowest BCUT2D eigenvalue weighted by atomic mass is 10.1. The summed E-state index contributed by atoms with van der Waals surface area (Å²) in [6.45, 7) is 41.5. The van der Waals surface area contributed by atoms with Crippen LogP contribution in [0.2, 0.25) is 0 Å². The highest BCUT2D eigenvalue weighted by Gasteiger charge is 2.10. The van der Waals surface area contributed by atoms with Gasteiger partial charge < -0.3 is 4.42 Å². The fourth-order valence-corrected chi connectivity index (χ4v) is 9.28. The van der Waals surface area contributed by atoms with Gasteiger partial charge in [0.1, 0.15) is 21.7 Å². The molecule has 12 heteroatoms. The Labute approximate surface area is 445 Å². The molecule has 0 amide bonds. The summed E-state index contributed by atoms with van der Waals surface area (Å²) < 4.78 is 9.33. The summed E-state index contributed by atoms with van der Waals surface area (Å²) in [7, 11) is 0. The summed E-state index contributed by atoms with van der Waals surface area (Å²) in [5.41, 5.74) is 5.04. The van der Waals surface area contributed by atoms with E-state index in [-0.39, 0.29) is 7.43 Å². The first kappa shape index (κ1) is 66.0. The molecule has 71 heavy (non-hydrogen) atoms. The molecule has 0 spiro atoms. The molecule has 10 rings (SSSR count). The summed E-state index contributed by atoms with van der Waals surface area (Å²) in [5, 5.41) is 5.96. The molecule has 0 aliphatic heterocycles. The molecule has 0 saturated carbocycles. The molecule has 8 aromatic heterocycles. The molecule has 8 heterocycles. The topological polar surface area (TPSA) is 103 Å². The van der Waals surface area contributed by atoms with Crippen molar-refractivity contribution in [2.75, 3.05) is 0 Å². The van der Waals surface area contributed by atoms with Gasteiger partial charge in [0.2, 0.25) is 0 Å². The Balaban J connectivity index is 0.000000822. The van der Waals surface area contributed by atoms with E-state index >= 15 is 0 Å². The Morgan fingerprint density at radius 2 is 0.859 bits per heavy atom. The number of pyridine rings is 3. The van der Waals surface area contributed by atoms with Gasteiger partial charge in [-0.15, -0.1) is 34.0 Å². The fraction of sp³-hybridized carbons (Fsp3) is 0.441. The third kappa shape index (κ3) is 21.3. The van der Waals surface area contributed by atoms with Crippen LogP contribution in [0.3, 0.4) is 0 Å². The molecule has 388 valence electrons. The third-order valence-electron chi connectivity index (χ3n) is 8.87. The van der Waals surface area contributed by atoms with Crippen molar-refractivity contribution in [3.05, 3.63) is 136 Å². The quantitative estimate of drug-likeness (QED) is 0.168. The fourth-order valence-electron chi connectivity index (χ4n) is 5.53. The molecule has 0 fully saturated rings. The van der Waals surface area contributed by atoms with Crippen molar-refractivity contribution in [3.8, 4) is 0 Å². The van der Waals surface area contributed by atoms with Crippen LogP contribution in [0.4, 0.5) is 0 Å². The van der Waals surface area contributed by atoms with Crippen molar-refractivity contribution in [2.45, 2.75) is 175 Å². The first-order chi connectivity index (χ1) is 33.9. The summed E-state index contributed by atoms with van der Waals surface area (Å²) in [6, 6.07) is 28.4. The molecule has 0 saturated heterocycles. The van der Waals surface area contributed by atoms with Gasteiger partial charge in [-0.05, 0) is 54.6 Å². The lowest BCUT2D eigenvalue weighted by molar-refractivity contribution is 0.522. The van der Waals surface area contributed by atoms with Crippen LogP contribution >= 0.6 is 45.3 Å². The number of hydrogen-bond donors (Lipinski definition) is 0. The SMILES string of the molecule is C.CC.CC.CC.CC.CC.CC(C)c1cc2ccccc2o1.CC(C)c1nc2ccccc2s1.CC(C)c1nc2cccnc2s1.CC(C)c1nc2cnccc2s1.CC(C)c1nc2ncccc2s1. The third-order valence-corrected chi connectivity index (χ3v) is 14.1. The van der Waals surface area contributed by atoms with Crippen LogP contribution < -0.4 is 0 Å². The van der Waals surface area contributed by atoms with E-state index in [1.807, 2.05) is 136 Å². The number of fused-ring (bicyclic) bond motifs is 5. The van der Waals surface area contributed by atoms with Crippen molar-refractivity contribution in [3.63, 3.8) is 0 Å². The zero-order chi connectivity index (χ0) is 52.8. The molecule has 0 aliphatic rings. The highest BCUT2D eigenvalue weighted by Crippen LogP contribution is 2.29. The molecule has 0 aliphatic carbocycles. The zero-order valence-corrected chi connectivity index (χ0v) is 49.2. The highest BCUT2D eigenvalue weighted by atomic mass is 32.1. The number of nitrogens with zero attached hydrogens (tertiary/aromatic N) is 7. The molecule has 0 radical (unpaired) electrons. The van der Waals surface area contributed by atoms with Gasteiger partial charge in [0.05, 0.1) is 51.4 Å². The van der Waals surface area contributed by atoms with E-state index in [0.29, 0.717) is 29.6 Å². The van der Waals surface area contributed by atoms with E-state index < -0.39 is 0 Å². The van der Waals surface area contributed by atoms with Crippen molar-refractivity contribution >= 4 is 97.4 Å². The minimum absolute atomic E-state index is 0. The van der Waals surface area contributed by atoms with Gasteiger partial charge in [-0.2, -0.15) is 0 Å². The minimum Gasteiger partial charge on any atom is -0.461 e. The van der Waals surface area contributed by atoms with Gasteiger partial charge in [0, 0.05) is 53.6 Å². The van der Waals surface area contributed by atoms with Gasteiger partial charge in [-0.1, -0.05) is 188 Å². The second-order valence-electron chi connectivity index (χ2n) is 15.6. The average Bonchev–Trinajstić information content (AvgIpc) is 4.26. The smallest absolute Gasteiger partial charge is 0.170 e. The molecular formula is C59H87N7OS4. The molecule has 0 bridgehead atoms. The van der Waals surface area contributed by atoms with E-state index in [1.54, 1.807) is 51.5 Å². The van der Waals surface area contributed by atoms with Crippen molar-refractivity contribution in [1.82, 2.24) is 34.9 Å². The van der Waals surface area contributed by atoms with Crippen LogP contribution in [0.25, 0.3) is 52.1 Å². The molecule has 0 unspecified atom stereocenters. The normalized spacial score (nSPS) is 9.93. The van der Waals surface area contributed by atoms with E-state index in [2.05, 4.69) is 141 Å². The molecular weight excluding hydrogens is 951 g/mol. The van der Waals surface area contributed by atoms with Crippen LogP contribution in [-0.2, 0) is 0 Å². The summed E-state index contributed by atoms with van der Waals surface area (Å²) in [4.78, 5) is 31.4. The summed E-state index contributed by atoms with van der Waals surface area (Å²) >= 11 is 6.96. The maximum Gasteiger partial charge on any atom is 0.170 e. The first-order valence-electron chi connectivity index (χ1n) is 25.3.